The molecule has 0 unspecified atom stereocenters. The highest BCUT2D eigenvalue weighted by molar-refractivity contribution is 5.95. The molecule has 1 fully saturated rings. The van der Waals surface area contributed by atoms with Crippen molar-refractivity contribution in [2.24, 2.45) is 0 Å². The SMILES string of the molecule is CCCCC(=O)N(CCN1CCN(C(=O)c2ccc(C)c([N+](=O)[O-])c2)CC1)Cc1ccc(F)cc1. The minimum absolute atomic E-state index is 0.0523. The highest BCUT2D eigenvalue weighted by Gasteiger charge is 2.25. The van der Waals surface area contributed by atoms with Gasteiger partial charge in [0.25, 0.3) is 11.6 Å². The highest BCUT2D eigenvalue weighted by Crippen LogP contribution is 2.21. The van der Waals surface area contributed by atoms with Crippen LogP contribution in [0.15, 0.2) is 42.5 Å². The molecular formula is C26H33FN4O4. The van der Waals surface area contributed by atoms with Gasteiger partial charge < -0.3 is 9.80 Å². The first-order chi connectivity index (χ1) is 16.8. The van der Waals surface area contributed by atoms with Crippen molar-refractivity contribution in [3.63, 3.8) is 0 Å². The number of rotatable bonds is 10. The van der Waals surface area contributed by atoms with Gasteiger partial charge in [-0.1, -0.05) is 31.5 Å². The Morgan fingerprint density at radius 1 is 1.09 bits per heavy atom. The maximum atomic E-state index is 13.3. The molecule has 8 nitrogen and oxygen atoms in total. The number of amides is 2. The summed E-state index contributed by atoms with van der Waals surface area (Å²) in [4.78, 5) is 42.2. The normalized spacial score (nSPS) is 14.1. The van der Waals surface area contributed by atoms with E-state index in [1.807, 2.05) is 11.8 Å². The Hall–Kier alpha value is -3.33. The molecule has 188 valence electrons. The van der Waals surface area contributed by atoms with Gasteiger partial charge in [-0.25, -0.2) is 4.39 Å². The minimum Gasteiger partial charge on any atom is -0.337 e. The Bertz CT molecular complexity index is 1040. The van der Waals surface area contributed by atoms with Gasteiger partial charge >= 0.3 is 0 Å². The average Bonchev–Trinajstić information content (AvgIpc) is 2.86. The summed E-state index contributed by atoms with van der Waals surface area (Å²) in [5, 5.41) is 11.2. The fourth-order valence-corrected chi connectivity index (χ4v) is 4.15. The standard InChI is InChI=1S/C26H33FN4O4/c1-3-4-5-25(32)30(19-21-7-10-23(27)11-8-21)17-14-28-12-15-29(16-13-28)26(33)22-9-6-20(2)24(18-22)31(34)35/h6-11,18H,3-5,12-17,19H2,1-2H3. The molecule has 35 heavy (non-hydrogen) atoms. The van der Waals surface area contributed by atoms with Crippen LogP contribution >= 0.6 is 0 Å². The van der Waals surface area contributed by atoms with Crippen molar-refractivity contribution in [3.05, 3.63) is 75.1 Å². The number of aryl methyl sites for hydroxylation is 1. The summed E-state index contributed by atoms with van der Waals surface area (Å²) in [6.45, 7) is 7.72. The van der Waals surface area contributed by atoms with Crippen molar-refractivity contribution >= 4 is 17.5 Å². The maximum absolute atomic E-state index is 13.3. The average molecular weight is 485 g/mol. The number of hydrogen-bond donors (Lipinski definition) is 0. The van der Waals surface area contributed by atoms with Crippen LogP contribution in [0.25, 0.3) is 0 Å². The number of carbonyl (C=O) groups is 2. The van der Waals surface area contributed by atoms with Crippen LogP contribution in [-0.4, -0.2) is 70.7 Å². The number of halogens is 1. The van der Waals surface area contributed by atoms with Crippen molar-refractivity contribution in [3.8, 4) is 0 Å². The summed E-state index contributed by atoms with van der Waals surface area (Å²) in [7, 11) is 0. The first-order valence-corrected chi connectivity index (χ1v) is 12.1. The van der Waals surface area contributed by atoms with Crippen molar-refractivity contribution in [2.45, 2.75) is 39.7 Å². The van der Waals surface area contributed by atoms with Gasteiger partial charge in [-0.3, -0.25) is 24.6 Å². The molecule has 2 aromatic carbocycles. The van der Waals surface area contributed by atoms with Crippen molar-refractivity contribution < 1.29 is 18.9 Å². The van der Waals surface area contributed by atoms with Gasteiger partial charge in [0.2, 0.25) is 5.91 Å². The number of piperazine rings is 1. The zero-order valence-electron chi connectivity index (χ0n) is 20.4. The van der Waals surface area contributed by atoms with Crippen molar-refractivity contribution in [1.82, 2.24) is 14.7 Å². The zero-order chi connectivity index (χ0) is 25.4. The third-order valence-electron chi connectivity index (χ3n) is 6.38. The Kier molecular flexibility index (Phi) is 9.31. The van der Waals surface area contributed by atoms with E-state index in [9.17, 15) is 24.1 Å². The minimum atomic E-state index is -0.469. The van der Waals surface area contributed by atoms with E-state index in [-0.39, 0.29) is 23.3 Å². The highest BCUT2D eigenvalue weighted by atomic mass is 19.1. The monoisotopic (exact) mass is 484 g/mol. The van der Waals surface area contributed by atoms with Crippen LogP contribution in [0, 0.1) is 22.9 Å². The molecule has 0 N–H and O–H groups in total. The van der Waals surface area contributed by atoms with Crippen molar-refractivity contribution in [1.29, 1.82) is 0 Å². The van der Waals surface area contributed by atoms with Gasteiger partial charge in [-0.15, -0.1) is 0 Å². The number of benzene rings is 2. The number of carbonyl (C=O) groups excluding carboxylic acids is 2. The Balaban J connectivity index is 1.55. The summed E-state index contributed by atoms with van der Waals surface area (Å²) >= 11 is 0. The van der Waals surface area contributed by atoms with Crippen molar-refractivity contribution in [2.75, 3.05) is 39.3 Å². The van der Waals surface area contributed by atoms with Gasteiger partial charge in [-0.2, -0.15) is 0 Å². The lowest BCUT2D eigenvalue weighted by Gasteiger charge is -2.36. The Morgan fingerprint density at radius 2 is 1.77 bits per heavy atom. The fourth-order valence-electron chi connectivity index (χ4n) is 4.15. The first-order valence-electron chi connectivity index (χ1n) is 12.1. The molecule has 1 aliphatic rings. The Labute approximate surface area is 205 Å². The third-order valence-corrected chi connectivity index (χ3v) is 6.38. The van der Waals surface area contributed by atoms with E-state index in [4.69, 9.17) is 0 Å². The van der Waals surface area contributed by atoms with Gasteiger partial charge in [0.1, 0.15) is 5.82 Å². The van der Waals surface area contributed by atoms with E-state index in [0.717, 1.165) is 18.4 Å². The molecule has 0 atom stereocenters. The third kappa shape index (κ3) is 7.32. The van der Waals surface area contributed by atoms with E-state index in [1.165, 1.54) is 18.2 Å². The maximum Gasteiger partial charge on any atom is 0.273 e. The molecule has 0 aromatic heterocycles. The second-order valence-electron chi connectivity index (χ2n) is 8.94. The van der Waals surface area contributed by atoms with Crippen LogP contribution in [0.2, 0.25) is 0 Å². The molecule has 2 amide bonds. The van der Waals surface area contributed by atoms with E-state index < -0.39 is 4.92 Å². The molecule has 0 spiro atoms. The van der Waals surface area contributed by atoms with E-state index in [1.54, 1.807) is 36.1 Å². The Morgan fingerprint density at radius 3 is 2.40 bits per heavy atom. The molecule has 1 saturated heterocycles. The quantitative estimate of drug-likeness (QED) is 0.376. The summed E-state index contributed by atoms with van der Waals surface area (Å²) < 4.78 is 13.3. The van der Waals surface area contributed by atoms with Crippen LogP contribution in [-0.2, 0) is 11.3 Å². The largest absolute Gasteiger partial charge is 0.337 e. The van der Waals surface area contributed by atoms with Crippen LogP contribution in [0.3, 0.4) is 0 Å². The number of nitro benzene ring substituents is 1. The number of hydrogen-bond acceptors (Lipinski definition) is 5. The molecule has 3 rings (SSSR count). The lowest BCUT2D eigenvalue weighted by molar-refractivity contribution is -0.385. The topological polar surface area (TPSA) is 87.0 Å². The smallest absolute Gasteiger partial charge is 0.273 e. The van der Waals surface area contributed by atoms with E-state index >= 15 is 0 Å². The molecule has 0 bridgehead atoms. The second kappa shape index (κ2) is 12.4. The summed E-state index contributed by atoms with van der Waals surface area (Å²) in [6.07, 6.45) is 2.26. The summed E-state index contributed by atoms with van der Waals surface area (Å²) in [5.74, 6) is -0.420. The number of nitrogens with zero attached hydrogens (tertiary/aromatic N) is 4. The summed E-state index contributed by atoms with van der Waals surface area (Å²) in [5.41, 5.74) is 1.68. The lowest BCUT2D eigenvalue weighted by atomic mass is 10.1. The van der Waals surface area contributed by atoms with E-state index in [2.05, 4.69) is 4.90 Å². The van der Waals surface area contributed by atoms with Gasteiger partial charge in [0.05, 0.1) is 4.92 Å². The molecule has 1 aliphatic heterocycles. The van der Waals surface area contributed by atoms with E-state index in [0.29, 0.717) is 63.4 Å². The van der Waals surface area contributed by atoms with Crippen LogP contribution < -0.4 is 0 Å². The van der Waals surface area contributed by atoms with Crippen LogP contribution in [0.1, 0.15) is 47.7 Å². The second-order valence-corrected chi connectivity index (χ2v) is 8.94. The first kappa shape index (κ1) is 26.3. The lowest BCUT2D eigenvalue weighted by Crippen LogP contribution is -2.50. The molecule has 0 aliphatic carbocycles. The molecule has 9 heteroatoms. The molecular weight excluding hydrogens is 451 g/mol. The van der Waals surface area contributed by atoms with Crippen LogP contribution in [0.4, 0.5) is 10.1 Å². The van der Waals surface area contributed by atoms with Gasteiger partial charge in [-0.05, 0) is 37.1 Å². The fraction of sp³-hybridized carbons (Fsp3) is 0.462. The molecule has 0 radical (unpaired) electrons. The zero-order valence-corrected chi connectivity index (χ0v) is 20.4. The predicted octanol–water partition coefficient (Wildman–Crippen LogP) is 4.02. The molecule has 2 aromatic rings. The predicted molar refractivity (Wildman–Crippen MR) is 132 cm³/mol. The number of unbranched alkanes of at least 4 members (excludes halogenated alkanes) is 1. The molecule has 1 heterocycles. The van der Waals surface area contributed by atoms with Gasteiger partial charge in [0.15, 0.2) is 0 Å². The summed E-state index contributed by atoms with van der Waals surface area (Å²) in [6, 6.07) is 10.8. The van der Waals surface area contributed by atoms with Gasteiger partial charge in [0, 0.05) is 69.4 Å². The van der Waals surface area contributed by atoms with Crippen LogP contribution in [0.5, 0.6) is 0 Å². The number of nitro groups is 1. The molecule has 0 saturated carbocycles.